The van der Waals surface area contributed by atoms with Crippen LogP contribution in [0.3, 0.4) is 0 Å². The van der Waals surface area contributed by atoms with Gasteiger partial charge in [-0.05, 0) is 5.56 Å². The highest BCUT2D eigenvalue weighted by molar-refractivity contribution is 7.90. The number of rotatable bonds is 6. The van der Waals surface area contributed by atoms with E-state index in [-0.39, 0.29) is 24.1 Å². The van der Waals surface area contributed by atoms with Gasteiger partial charge in [-0.1, -0.05) is 42.4 Å². The van der Waals surface area contributed by atoms with E-state index in [9.17, 15) is 13.2 Å². The van der Waals surface area contributed by atoms with Crippen molar-refractivity contribution >= 4 is 15.7 Å². The number of carbonyl (C=O) groups excluding carboxylic acids is 1. The predicted octanol–water partition coefficient (Wildman–Crippen LogP) is 1.07. The van der Waals surface area contributed by atoms with Crippen molar-refractivity contribution in [2.75, 3.05) is 0 Å². The molecule has 21 heavy (non-hydrogen) atoms. The fraction of sp³-hybridized carbons (Fsp3) is 0.308. The molecule has 0 saturated carbocycles. The zero-order valence-corrected chi connectivity index (χ0v) is 12.3. The minimum absolute atomic E-state index is 0.0144. The Morgan fingerprint density at radius 2 is 1.95 bits per heavy atom. The summed E-state index contributed by atoms with van der Waals surface area (Å²) in [6.45, 7) is 1.72. The van der Waals surface area contributed by atoms with E-state index in [1.807, 2.05) is 0 Å². The summed E-state index contributed by atoms with van der Waals surface area (Å²) in [7, 11) is -3.69. The van der Waals surface area contributed by atoms with Crippen molar-refractivity contribution in [3.63, 3.8) is 0 Å². The van der Waals surface area contributed by atoms with Crippen LogP contribution in [0.25, 0.3) is 0 Å². The van der Waals surface area contributed by atoms with Crippen molar-refractivity contribution in [2.45, 2.75) is 30.9 Å². The van der Waals surface area contributed by atoms with Gasteiger partial charge < -0.3 is 9.73 Å². The van der Waals surface area contributed by atoms with E-state index in [2.05, 4.69) is 15.5 Å². The largest absolute Gasteiger partial charge is 0.411 e. The van der Waals surface area contributed by atoms with E-state index < -0.39 is 15.1 Å². The number of sulfone groups is 1. The fourth-order valence-electron chi connectivity index (χ4n) is 1.59. The smallest absolute Gasteiger partial charge is 0.335 e. The molecule has 1 heterocycles. The second-order valence-corrected chi connectivity index (χ2v) is 6.20. The van der Waals surface area contributed by atoms with Crippen molar-refractivity contribution < 1.29 is 17.6 Å². The molecule has 0 fully saturated rings. The van der Waals surface area contributed by atoms with Crippen LogP contribution in [0, 0.1) is 0 Å². The Labute approximate surface area is 122 Å². The SMILES string of the molecule is CCC(=O)NCc1nnc(S(=O)(=O)Cc2ccccc2)o1. The first kappa shape index (κ1) is 15.2. The zero-order valence-electron chi connectivity index (χ0n) is 11.4. The molecule has 0 aliphatic rings. The maximum Gasteiger partial charge on any atom is 0.335 e. The molecule has 8 heteroatoms. The van der Waals surface area contributed by atoms with Gasteiger partial charge in [0.1, 0.15) is 0 Å². The van der Waals surface area contributed by atoms with Crippen molar-refractivity contribution in [1.29, 1.82) is 0 Å². The molecule has 1 amide bonds. The standard InChI is InChI=1S/C13H15N3O4S/c1-2-11(17)14-8-12-15-16-13(20-12)21(18,19)9-10-6-4-3-5-7-10/h3-7H,2,8-9H2,1H3,(H,14,17). The van der Waals surface area contributed by atoms with Gasteiger partial charge >= 0.3 is 5.22 Å². The quantitative estimate of drug-likeness (QED) is 0.856. The van der Waals surface area contributed by atoms with Gasteiger partial charge in [0.15, 0.2) is 0 Å². The van der Waals surface area contributed by atoms with Crippen LogP contribution in [0.1, 0.15) is 24.8 Å². The number of hydrogen-bond acceptors (Lipinski definition) is 6. The molecule has 1 N–H and O–H groups in total. The Kier molecular flexibility index (Phi) is 4.69. The number of amides is 1. The van der Waals surface area contributed by atoms with Crippen LogP contribution in [0.4, 0.5) is 0 Å². The first-order valence-electron chi connectivity index (χ1n) is 6.37. The maximum atomic E-state index is 12.1. The highest BCUT2D eigenvalue weighted by Crippen LogP contribution is 2.15. The van der Waals surface area contributed by atoms with Crippen LogP contribution in [0.15, 0.2) is 40.0 Å². The topological polar surface area (TPSA) is 102 Å². The molecule has 112 valence electrons. The van der Waals surface area contributed by atoms with E-state index in [4.69, 9.17) is 4.42 Å². The average Bonchev–Trinajstić information content (AvgIpc) is 2.95. The molecule has 0 spiro atoms. The molecule has 0 atom stereocenters. The molecule has 0 radical (unpaired) electrons. The van der Waals surface area contributed by atoms with Crippen LogP contribution >= 0.6 is 0 Å². The molecule has 0 bridgehead atoms. The summed E-state index contributed by atoms with van der Waals surface area (Å²) < 4.78 is 29.3. The lowest BCUT2D eigenvalue weighted by Crippen LogP contribution is -2.21. The van der Waals surface area contributed by atoms with Crippen molar-refractivity contribution in [3.05, 3.63) is 41.8 Å². The van der Waals surface area contributed by atoms with Gasteiger partial charge in [-0.15, -0.1) is 5.10 Å². The van der Waals surface area contributed by atoms with Crippen LogP contribution in [-0.2, 0) is 26.9 Å². The van der Waals surface area contributed by atoms with Gasteiger partial charge in [0.25, 0.3) is 0 Å². The minimum atomic E-state index is -3.69. The number of aromatic nitrogens is 2. The molecule has 0 aliphatic heterocycles. The van der Waals surface area contributed by atoms with Crippen molar-refractivity contribution in [1.82, 2.24) is 15.5 Å². The third-order valence-electron chi connectivity index (χ3n) is 2.67. The second-order valence-electron chi connectivity index (χ2n) is 4.34. The lowest BCUT2D eigenvalue weighted by molar-refractivity contribution is -0.121. The van der Waals surface area contributed by atoms with E-state index in [0.29, 0.717) is 12.0 Å². The first-order chi connectivity index (χ1) is 10.0. The third kappa shape index (κ3) is 4.12. The lowest BCUT2D eigenvalue weighted by atomic mass is 10.2. The maximum absolute atomic E-state index is 12.1. The highest BCUT2D eigenvalue weighted by atomic mass is 32.2. The van der Waals surface area contributed by atoms with Crippen molar-refractivity contribution in [2.24, 2.45) is 0 Å². The predicted molar refractivity (Wildman–Crippen MR) is 73.8 cm³/mol. The lowest BCUT2D eigenvalue weighted by Gasteiger charge is -2.00. The van der Waals surface area contributed by atoms with Gasteiger partial charge in [0.2, 0.25) is 21.6 Å². The van der Waals surface area contributed by atoms with Crippen LogP contribution in [-0.4, -0.2) is 24.5 Å². The first-order valence-corrected chi connectivity index (χ1v) is 8.02. The van der Waals surface area contributed by atoms with Crippen molar-refractivity contribution in [3.8, 4) is 0 Å². The highest BCUT2D eigenvalue weighted by Gasteiger charge is 2.23. The summed E-state index contributed by atoms with van der Waals surface area (Å²) in [5.41, 5.74) is 0.636. The Hall–Kier alpha value is -2.22. The number of nitrogens with zero attached hydrogens (tertiary/aromatic N) is 2. The Bertz CT molecular complexity index is 710. The van der Waals surface area contributed by atoms with E-state index in [1.54, 1.807) is 37.3 Å². The third-order valence-corrected chi connectivity index (χ3v) is 4.08. The average molecular weight is 309 g/mol. The molecular weight excluding hydrogens is 294 g/mol. The molecule has 7 nitrogen and oxygen atoms in total. The normalized spacial score (nSPS) is 11.3. The monoisotopic (exact) mass is 309 g/mol. The number of hydrogen-bond donors (Lipinski definition) is 1. The van der Waals surface area contributed by atoms with Gasteiger partial charge in [-0.2, -0.15) is 0 Å². The molecule has 0 saturated heterocycles. The van der Waals surface area contributed by atoms with E-state index in [0.717, 1.165) is 0 Å². The molecule has 1 aromatic carbocycles. The van der Waals surface area contributed by atoms with Crippen LogP contribution in [0.2, 0.25) is 0 Å². The summed E-state index contributed by atoms with van der Waals surface area (Å²) in [5, 5.41) is 9.25. The Balaban J connectivity index is 2.07. The van der Waals surface area contributed by atoms with Gasteiger partial charge in [-0.3, -0.25) is 4.79 Å². The van der Waals surface area contributed by atoms with Gasteiger partial charge in [0.05, 0.1) is 12.3 Å². The zero-order chi connectivity index (χ0) is 15.3. The Morgan fingerprint density at radius 3 is 2.62 bits per heavy atom. The molecule has 1 aromatic heterocycles. The number of benzene rings is 1. The molecule has 2 aromatic rings. The summed E-state index contributed by atoms with van der Waals surface area (Å²) >= 11 is 0. The number of carbonyl (C=O) groups is 1. The summed E-state index contributed by atoms with van der Waals surface area (Å²) in [6, 6.07) is 8.72. The van der Waals surface area contributed by atoms with Crippen LogP contribution in [0.5, 0.6) is 0 Å². The molecule has 2 rings (SSSR count). The van der Waals surface area contributed by atoms with Gasteiger partial charge in [0, 0.05) is 6.42 Å². The summed E-state index contributed by atoms with van der Waals surface area (Å²) in [6.07, 6.45) is 0.327. The van der Waals surface area contributed by atoms with Crippen LogP contribution < -0.4 is 5.32 Å². The summed E-state index contributed by atoms with van der Waals surface area (Å²) in [5.74, 6) is -0.332. The van der Waals surface area contributed by atoms with E-state index in [1.165, 1.54) is 0 Å². The van der Waals surface area contributed by atoms with Gasteiger partial charge in [-0.25, -0.2) is 8.42 Å². The Morgan fingerprint density at radius 1 is 1.24 bits per heavy atom. The summed E-state index contributed by atoms with van der Waals surface area (Å²) in [4.78, 5) is 11.1. The molecule has 0 aliphatic carbocycles. The molecule has 0 unspecified atom stereocenters. The fourth-order valence-corrected chi connectivity index (χ4v) is 2.73. The molecular formula is C13H15N3O4S. The number of nitrogens with one attached hydrogen (secondary N) is 1. The second kappa shape index (κ2) is 6.49. The van der Waals surface area contributed by atoms with E-state index >= 15 is 0 Å². The minimum Gasteiger partial charge on any atom is -0.411 e.